The molecule has 0 amide bonds. The molecule has 1 aromatic heterocycles. The summed E-state index contributed by atoms with van der Waals surface area (Å²) in [6, 6.07) is 0. The number of ether oxygens (including phenoxy) is 1. The summed E-state index contributed by atoms with van der Waals surface area (Å²) in [6.45, 7) is 7.90. The molecule has 0 spiro atoms. The summed E-state index contributed by atoms with van der Waals surface area (Å²) >= 11 is 1.98. The molecule has 25 heavy (non-hydrogen) atoms. The molecule has 0 aromatic carbocycles. The number of rotatable bonds is 3. The number of aryl methyl sites for hydroxylation is 1. The molecule has 1 aliphatic heterocycles. The van der Waals surface area contributed by atoms with Crippen LogP contribution in [0.1, 0.15) is 63.3 Å². The van der Waals surface area contributed by atoms with Gasteiger partial charge >= 0.3 is 5.97 Å². The predicted octanol–water partition coefficient (Wildman–Crippen LogP) is 5.04. The van der Waals surface area contributed by atoms with Crippen molar-refractivity contribution < 1.29 is 9.53 Å². The molecule has 1 fully saturated rings. The van der Waals surface area contributed by atoms with Crippen LogP contribution in [0.5, 0.6) is 0 Å². The second-order valence-electron chi connectivity index (χ2n) is 8.28. The smallest absolute Gasteiger partial charge is 0.331 e. The highest BCUT2D eigenvalue weighted by atomic mass is 32.2. The van der Waals surface area contributed by atoms with E-state index in [2.05, 4.69) is 13.1 Å². The van der Waals surface area contributed by atoms with Crippen LogP contribution in [0.15, 0.2) is 22.7 Å². The van der Waals surface area contributed by atoms with Crippen molar-refractivity contribution in [2.24, 2.45) is 5.92 Å². The fraction of sp³-hybridized carbons (Fsp3) is 0.619. The zero-order valence-corrected chi connectivity index (χ0v) is 16.7. The summed E-state index contributed by atoms with van der Waals surface area (Å²) < 4.78 is 5.40. The number of esters is 1. The van der Waals surface area contributed by atoms with Gasteiger partial charge < -0.3 is 4.74 Å². The van der Waals surface area contributed by atoms with E-state index in [4.69, 9.17) is 9.72 Å². The van der Waals surface area contributed by atoms with Gasteiger partial charge in [-0.25, -0.2) is 4.79 Å². The second kappa shape index (κ2) is 7.53. The Bertz CT molecular complexity index is 678. The van der Waals surface area contributed by atoms with Crippen molar-refractivity contribution in [1.29, 1.82) is 0 Å². The fourth-order valence-corrected chi connectivity index (χ4v) is 4.96. The molecular weight excluding hydrogens is 330 g/mol. The molecule has 2 aliphatic rings. The van der Waals surface area contributed by atoms with Crippen molar-refractivity contribution in [3.63, 3.8) is 0 Å². The van der Waals surface area contributed by atoms with Crippen LogP contribution in [-0.2, 0) is 22.4 Å². The molecule has 0 unspecified atom stereocenters. The third-order valence-corrected chi connectivity index (χ3v) is 6.16. The highest BCUT2D eigenvalue weighted by Crippen LogP contribution is 2.38. The van der Waals surface area contributed by atoms with Crippen LogP contribution in [0.3, 0.4) is 0 Å². The molecule has 1 aromatic rings. The van der Waals surface area contributed by atoms with Gasteiger partial charge in [-0.2, -0.15) is 0 Å². The molecule has 3 nitrogen and oxygen atoms in total. The first-order valence-corrected chi connectivity index (χ1v) is 10.3. The topological polar surface area (TPSA) is 39.2 Å². The van der Waals surface area contributed by atoms with Gasteiger partial charge in [0.15, 0.2) is 0 Å². The van der Waals surface area contributed by atoms with Crippen LogP contribution in [-0.4, -0.2) is 22.3 Å². The first-order valence-electron chi connectivity index (χ1n) is 9.34. The van der Waals surface area contributed by atoms with Crippen molar-refractivity contribution in [2.75, 3.05) is 5.75 Å². The molecule has 136 valence electrons. The molecule has 0 saturated heterocycles. The number of nitrogens with zero attached hydrogens (tertiary/aromatic N) is 1. The lowest BCUT2D eigenvalue weighted by atomic mass is 9.83. The summed E-state index contributed by atoms with van der Waals surface area (Å²) in [5.74, 6) is 1.68. The van der Waals surface area contributed by atoms with E-state index in [0.717, 1.165) is 32.1 Å². The quantitative estimate of drug-likeness (QED) is 0.560. The van der Waals surface area contributed by atoms with Gasteiger partial charge in [0.25, 0.3) is 0 Å². The van der Waals surface area contributed by atoms with E-state index in [1.165, 1.54) is 39.5 Å². The van der Waals surface area contributed by atoms with Crippen molar-refractivity contribution in [2.45, 2.75) is 76.7 Å². The maximum Gasteiger partial charge on any atom is 0.331 e. The molecule has 0 bridgehead atoms. The molecule has 0 atom stereocenters. The first-order chi connectivity index (χ1) is 11.8. The zero-order valence-electron chi connectivity index (χ0n) is 15.9. The van der Waals surface area contributed by atoms with E-state index >= 15 is 0 Å². The van der Waals surface area contributed by atoms with Gasteiger partial charge in [-0.15, -0.1) is 11.8 Å². The highest BCUT2D eigenvalue weighted by Gasteiger charge is 2.24. The van der Waals surface area contributed by atoms with E-state index in [-0.39, 0.29) is 5.97 Å². The van der Waals surface area contributed by atoms with E-state index in [0.29, 0.717) is 5.92 Å². The van der Waals surface area contributed by atoms with Crippen molar-refractivity contribution >= 4 is 17.7 Å². The minimum Gasteiger partial charge on any atom is -0.457 e. The monoisotopic (exact) mass is 359 g/mol. The number of hydrogen-bond donors (Lipinski definition) is 0. The molecular formula is C21H29NO2S. The van der Waals surface area contributed by atoms with Crippen LogP contribution in [0.25, 0.3) is 0 Å². The van der Waals surface area contributed by atoms with Crippen LogP contribution in [0, 0.1) is 12.8 Å². The summed E-state index contributed by atoms with van der Waals surface area (Å²) in [7, 11) is 0. The third kappa shape index (κ3) is 4.87. The number of thioether (sulfide) groups is 1. The summed E-state index contributed by atoms with van der Waals surface area (Å²) in [6.07, 6.45) is 10.3. The maximum absolute atomic E-state index is 11.9. The third-order valence-electron chi connectivity index (χ3n) is 4.98. The standard InChI is InChI=1S/C21H29NO2S/c1-14-13-22-18(20-17(14)9-10-25-20)11-15-5-7-16(8-6-15)12-19(23)24-21(2,3)4/h12-13,15H,5-11H2,1-4H3. The average molecular weight is 360 g/mol. The number of pyridine rings is 1. The van der Waals surface area contributed by atoms with E-state index in [1.807, 2.05) is 32.5 Å². The number of allylic oxidation sites excluding steroid dienone is 1. The Balaban J connectivity index is 1.57. The number of fused-ring (bicyclic) bond motifs is 1. The highest BCUT2D eigenvalue weighted by molar-refractivity contribution is 7.99. The van der Waals surface area contributed by atoms with E-state index < -0.39 is 5.60 Å². The summed E-state index contributed by atoms with van der Waals surface area (Å²) in [5.41, 5.74) is 4.99. The van der Waals surface area contributed by atoms with Crippen LogP contribution >= 0.6 is 11.8 Å². The van der Waals surface area contributed by atoms with Gasteiger partial charge in [0, 0.05) is 22.9 Å². The minimum atomic E-state index is -0.416. The fourth-order valence-electron chi connectivity index (χ4n) is 3.71. The molecule has 4 heteroatoms. The van der Waals surface area contributed by atoms with Crippen LogP contribution in [0.2, 0.25) is 0 Å². The number of carbonyl (C=O) groups excluding carboxylic acids is 1. The molecule has 1 aliphatic carbocycles. The Morgan fingerprint density at radius 2 is 2.04 bits per heavy atom. The van der Waals surface area contributed by atoms with E-state index in [1.54, 1.807) is 6.08 Å². The summed E-state index contributed by atoms with van der Waals surface area (Å²) in [5, 5.41) is 0. The Kier molecular flexibility index (Phi) is 5.57. The Hall–Kier alpha value is -1.29. The molecule has 3 rings (SSSR count). The van der Waals surface area contributed by atoms with Gasteiger partial charge in [-0.1, -0.05) is 5.57 Å². The second-order valence-corrected chi connectivity index (χ2v) is 9.38. The van der Waals surface area contributed by atoms with Gasteiger partial charge in [0.1, 0.15) is 5.60 Å². The van der Waals surface area contributed by atoms with E-state index in [9.17, 15) is 4.79 Å². The normalized spacial score (nSPS) is 20.3. The number of hydrogen-bond acceptors (Lipinski definition) is 4. The lowest BCUT2D eigenvalue weighted by Gasteiger charge is -2.25. The molecule has 2 heterocycles. The van der Waals surface area contributed by atoms with Crippen LogP contribution in [0.4, 0.5) is 0 Å². The van der Waals surface area contributed by atoms with Gasteiger partial charge in [-0.3, -0.25) is 4.98 Å². The Morgan fingerprint density at radius 3 is 2.72 bits per heavy atom. The lowest BCUT2D eigenvalue weighted by Crippen LogP contribution is -2.23. The molecule has 0 N–H and O–H groups in total. The average Bonchev–Trinajstić information content (AvgIpc) is 3.01. The molecule has 0 radical (unpaired) electrons. The Labute approximate surface area is 155 Å². The first kappa shape index (κ1) is 18.5. The van der Waals surface area contributed by atoms with Crippen molar-refractivity contribution in [1.82, 2.24) is 4.98 Å². The van der Waals surface area contributed by atoms with Gasteiger partial charge in [-0.05, 0) is 83.3 Å². The number of carbonyl (C=O) groups is 1. The lowest BCUT2D eigenvalue weighted by molar-refractivity contribution is -0.148. The number of aromatic nitrogens is 1. The SMILES string of the molecule is Cc1cnc(CC2CCC(=CC(=O)OC(C)(C)C)CC2)c2c1CCS2. The van der Waals surface area contributed by atoms with Gasteiger partial charge in [0.05, 0.1) is 5.69 Å². The van der Waals surface area contributed by atoms with Crippen molar-refractivity contribution in [3.05, 3.63) is 34.7 Å². The predicted molar refractivity (Wildman–Crippen MR) is 103 cm³/mol. The largest absolute Gasteiger partial charge is 0.457 e. The maximum atomic E-state index is 11.9. The Morgan fingerprint density at radius 1 is 1.32 bits per heavy atom. The van der Waals surface area contributed by atoms with Crippen molar-refractivity contribution in [3.8, 4) is 0 Å². The van der Waals surface area contributed by atoms with Gasteiger partial charge in [0.2, 0.25) is 0 Å². The minimum absolute atomic E-state index is 0.199. The molecule has 1 saturated carbocycles. The zero-order chi connectivity index (χ0) is 18.0. The summed E-state index contributed by atoms with van der Waals surface area (Å²) in [4.78, 5) is 18.1. The van der Waals surface area contributed by atoms with Crippen LogP contribution < -0.4 is 0 Å².